The number of hydrogen-bond donors (Lipinski definition) is 0. The summed E-state index contributed by atoms with van der Waals surface area (Å²) in [4.78, 5) is 0. The van der Waals surface area contributed by atoms with Gasteiger partial charge in [0, 0.05) is 26.2 Å². The van der Waals surface area contributed by atoms with E-state index >= 15 is 0 Å². The number of halogens is 1. The highest BCUT2D eigenvalue weighted by Gasteiger charge is 2.15. The first-order valence-electron chi connectivity index (χ1n) is 5.70. The first-order chi connectivity index (χ1) is 7.02. The van der Waals surface area contributed by atoms with E-state index in [0.29, 0.717) is 5.92 Å². The van der Waals surface area contributed by atoms with Gasteiger partial charge in [0.05, 0.1) is 5.60 Å². The molecular weight excluding hydrogens is 212 g/mol. The van der Waals surface area contributed by atoms with Gasteiger partial charge >= 0.3 is 0 Å². The Labute approximate surface area is 99.3 Å². The van der Waals surface area contributed by atoms with Crippen molar-refractivity contribution in [2.75, 3.05) is 26.2 Å². The lowest BCUT2D eigenvalue weighted by molar-refractivity contribution is -0.0109. The van der Waals surface area contributed by atoms with E-state index in [-0.39, 0.29) is 5.60 Å². The Morgan fingerprint density at radius 1 is 1.20 bits per heavy atom. The van der Waals surface area contributed by atoms with Crippen molar-refractivity contribution in [1.82, 2.24) is 0 Å². The molecule has 0 rings (SSSR count). The van der Waals surface area contributed by atoms with Crippen molar-refractivity contribution in [3.63, 3.8) is 0 Å². The fourth-order valence-electron chi connectivity index (χ4n) is 1.14. The zero-order valence-corrected chi connectivity index (χ0v) is 11.3. The maximum Gasteiger partial charge on any atom is 0.0644 e. The largest absolute Gasteiger partial charge is 0.381 e. The van der Waals surface area contributed by atoms with Crippen LogP contribution in [0, 0.1) is 5.92 Å². The maximum atomic E-state index is 5.66. The van der Waals surface area contributed by atoms with Crippen LogP contribution in [0.1, 0.15) is 40.0 Å². The van der Waals surface area contributed by atoms with Gasteiger partial charge in [0.1, 0.15) is 0 Å². The molecule has 0 aromatic heterocycles. The van der Waals surface area contributed by atoms with Gasteiger partial charge in [0.15, 0.2) is 0 Å². The average Bonchev–Trinajstić information content (AvgIpc) is 2.17. The predicted molar refractivity (Wildman–Crippen MR) is 65.6 cm³/mol. The molecule has 2 nitrogen and oxygen atoms in total. The van der Waals surface area contributed by atoms with Crippen LogP contribution in [0.4, 0.5) is 0 Å². The minimum atomic E-state index is -0.0677. The summed E-state index contributed by atoms with van der Waals surface area (Å²) >= 11 is 5.66. The zero-order valence-electron chi connectivity index (χ0n) is 10.5. The Morgan fingerprint density at radius 2 is 1.87 bits per heavy atom. The molecule has 0 N–H and O–H groups in total. The molecule has 0 saturated heterocycles. The highest BCUT2D eigenvalue weighted by atomic mass is 35.5. The van der Waals surface area contributed by atoms with Crippen LogP contribution in [0.5, 0.6) is 0 Å². The van der Waals surface area contributed by atoms with Gasteiger partial charge in [-0.3, -0.25) is 0 Å². The van der Waals surface area contributed by atoms with Crippen molar-refractivity contribution in [3.05, 3.63) is 0 Å². The fraction of sp³-hybridized carbons (Fsp3) is 1.00. The molecule has 15 heavy (non-hydrogen) atoms. The normalized spacial score (nSPS) is 14.2. The summed E-state index contributed by atoms with van der Waals surface area (Å²) in [6.07, 6.45) is 3.11. The average molecular weight is 237 g/mol. The molecule has 0 spiro atoms. The van der Waals surface area contributed by atoms with Crippen LogP contribution in [0.15, 0.2) is 0 Å². The van der Waals surface area contributed by atoms with Gasteiger partial charge in [-0.2, -0.15) is 0 Å². The summed E-state index contributed by atoms with van der Waals surface area (Å²) in [5.41, 5.74) is -0.0677. The molecule has 1 atom stereocenters. The highest BCUT2D eigenvalue weighted by molar-refractivity contribution is 6.17. The molecule has 0 aromatic carbocycles. The van der Waals surface area contributed by atoms with Crippen LogP contribution in [0.3, 0.4) is 0 Å². The molecule has 0 amide bonds. The van der Waals surface area contributed by atoms with E-state index in [9.17, 15) is 0 Å². The Morgan fingerprint density at radius 3 is 2.40 bits per heavy atom. The van der Waals surface area contributed by atoms with Crippen LogP contribution in [0.2, 0.25) is 0 Å². The van der Waals surface area contributed by atoms with Gasteiger partial charge in [-0.1, -0.05) is 6.92 Å². The van der Waals surface area contributed by atoms with Crippen molar-refractivity contribution in [2.24, 2.45) is 5.92 Å². The van der Waals surface area contributed by atoms with Crippen molar-refractivity contribution >= 4 is 11.6 Å². The first kappa shape index (κ1) is 15.2. The topological polar surface area (TPSA) is 18.5 Å². The lowest BCUT2D eigenvalue weighted by atomic mass is 10.1. The quantitative estimate of drug-likeness (QED) is 0.451. The van der Waals surface area contributed by atoms with E-state index in [2.05, 4.69) is 20.8 Å². The number of methoxy groups -OCH3 is 1. The molecule has 0 bridgehead atoms. The van der Waals surface area contributed by atoms with Crippen LogP contribution < -0.4 is 0 Å². The van der Waals surface area contributed by atoms with Gasteiger partial charge in [-0.15, -0.1) is 11.6 Å². The SMILES string of the molecule is COC(C)(C)CCOCCC(C)CCCl. The number of ether oxygens (including phenoxy) is 2. The molecule has 0 aliphatic carbocycles. The summed E-state index contributed by atoms with van der Waals surface area (Å²) in [6, 6.07) is 0. The van der Waals surface area contributed by atoms with E-state index in [0.717, 1.165) is 38.4 Å². The lowest BCUT2D eigenvalue weighted by Gasteiger charge is -2.22. The number of alkyl halides is 1. The molecule has 0 aliphatic rings. The van der Waals surface area contributed by atoms with Crippen molar-refractivity contribution in [3.8, 4) is 0 Å². The summed E-state index contributed by atoms with van der Waals surface area (Å²) in [5, 5.41) is 0. The van der Waals surface area contributed by atoms with E-state index in [1.165, 1.54) is 0 Å². The molecule has 0 saturated carbocycles. The minimum absolute atomic E-state index is 0.0677. The predicted octanol–water partition coefficient (Wildman–Crippen LogP) is 3.47. The smallest absolute Gasteiger partial charge is 0.0644 e. The zero-order chi connectivity index (χ0) is 11.7. The Kier molecular flexibility index (Phi) is 8.49. The number of hydrogen-bond acceptors (Lipinski definition) is 2. The second kappa shape index (κ2) is 8.37. The first-order valence-corrected chi connectivity index (χ1v) is 6.24. The minimum Gasteiger partial charge on any atom is -0.381 e. The molecule has 0 aromatic rings. The van der Waals surface area contributed by atoms with E-state index in [1.807, 2.05) is 0 Å². The van der Waals surface area contributed by atoms with Crippen LogP contribution in [-0.4, -0.2) is 31.8 Å². The standard InChI is InChI=1S/C12H25ClO2/c1-11(5-8-13)6-9-15-10-7-12(2,3)14-4/h11H,5-10H2,1-4H3. The lowest BCUT2D eigenvalue weighted by Crippen LogP contribution is -2.24. The van der Waals surface area contributed by atoms with E-state index in [1.54, 1.807) is 7.11 Å². The van der Waals surface area contributed by atoms with Gasteiger partial charge in [0.2, 0.25) is 0 Å². The highest BCUT2D eigenvalue weighted by Crippen LogP contribution is 2.13. The summed E-state index contributed by atoms with van der Waals surface area (Å²) in [6.45, 7) is 7.97. The molecule has 0 fully saturated rings. The van der Waals surface area contributed by atoms with Crippen LogP contribution in [0.25, 0.3) is 0 Å². The van der Waals surface area contributed by atoms with E-state index < -0.39 is 0 Å². The van der Waals surface area contributed by atoms with Crippen molar-refractivity contribution < 1.29 is 9.47 Å². The van der Waals surface area contributed by atoms with Crippen molar-refractivity contribution in [2.45, 2.75) is 45.6 Å². The second-order valence-electron chi connectivity index (χ2n) is 4.70. The van der Waals surface area contributed by atoms with Gasteiger partial charge < -0.3 is 9.47 Å². The monoisotopic (exact) mass is 236 g/mol. The van der Waals surface area contributed by atoms with Crippen LogP contribution >= 0.6 is 11.6 Å². The summed E-state index contributed by atoms with van der Waals surface area (Å²) in [7, 11) is 1.74. The third-order valence-electron chi connectivity index (χ3n) is 2.76. The molecule has 0 radical (unpaired) electrons. The van der Waals surface area contributed by atoms with E-state index in [4.69, 9.17) is 21.1 Å². The Bertz CT molecular complexity index is 149. The Hall–Kier alpha value is 0.210. The summed E-state index contributed by atoms with van der Waals surface area (Å²) in [5.74, 6) is 1.41. The molecule has 3 heteroatoms. The van der Waals surface area contributed by atoms with Gasteiger partial charge in [0.25, 0.3) is 0 Å². The maximum absolute atomic E-state index is 5.66. The summed E-state index contributed by atoms with van der Waals surface area (Å²) < 4.78 is 10.9. The van der Waals surface area contributed by atoms with Crippen molar-refractivity contribution in [1.29, 1.82) is 0 Å². The molecule has 92 valence electrons. The fourth-order valence-corrected chi connectivity index (χ4v) is 1.51. The van der Waals surface area contributed by atoms with Gasteiger partial charge in [-0.25, -0.2) is 0 Å². The molecular formula is C12H25ClO2. The molecule has 0 aliphatic heterocycles. The Balaban J connectivity index is 3.32. The molecule has 1 unspecified atom stereocenters. The number of rotatable bonds is 9. The third kappa shape index (κ3) is 9.16. The molecule has 0 heterocycles. The second-order valence-corrected chi connectivity index (χ2v) is 5.08. The third-order valence-corrected chi connectivity index (χ3v) is 2.98. The van der Waals surface area contributed by atoms with Gasteiger partial charge in [-0.05, 0) is 39.0 Å². The van der Waals surface area contributed by atoms with Crippen LogP contribution in [-0.2, 0) is 9.47 Å².